The Morgan fingerprint density at radius 2 is 1.83 bits per heavy atom. The number of benzene rings is 2. The third-order valence-electron chi connectivity index (χ3n) is 3.22. The number of sulfonamides is 1. The SMILES string of the molecule is O=C(COc1cccc2[nH]ccc12)NS(=O)(=O)c1ccccc1. The van der Waals surface area contributed by atoms with E-state index in [0.29, 0.717) is 5.75 Å². The highest BCUT2D eigenvalue weighted by Gasteiger charge is 2.17. The molecule has 1 amide bonds. The van der Waals surface area contributed by atoms with E-state index in [2.05, 4.69) is 4.98 Å². The van der Waals surface area contributed by atoms with Gasteiger partial charge < -0.3 is 9.72 Å². The number of rotatable bonds is 5. The smallest absolute Gasteiger partial charge is 0.271 e. The number of hydrogen-bond donors (Lipinski definition) is 2. The molecule has 0 fully saturated rings. The highest BCUT2D eigenvalue weighted by Crippen LogP contribution is 2.24. The van der Waals surface area contributed by atoms with Crippen LogP contribution in [0.25, 0.3) is 10.9 Å². The van der Waals surface area contributed by atoms with Crippen LogP contribution < -0.4 is 9.46 Å². The molecule has 118 valence electrons. The first kappa shape index (κ1) is 15.1. The lowest BCUT2D eigenvalue weighted by atomic mass is 10.2. The number of aromatic nitrogens is 1. The molecular formula is C16H14N2O4S. The van der Waals surface area contributed by atoms with E-state index in [0.717, 1.165) is 10.9 Å². The van der Waals surface area contributed by atoms with Crippen LogP contribution in [0.5, 0.6) is 5.75 Å². The van der Waals surface area contributed by atoms with Gasteiger partial charge in [0.05, 0.1) is 4.90 Å². The van der Waals surface area contributed by atoms with E-state index in [1.807, 2.05) is 16.9 Å². The van der Waals surface area contributed by atoms with Crippen LogP contribution in [0, 0.1) is 0 Å². The minimum Gasteiger partial charge on any atom is -0.483 e. The predicted octanol–water partition coefficient (Wildman–Crippen LogP) is 2.05. The Morgan fingerprint density at radius 1 is 1.04 bits per heavy atom. The molecule has 23 heavy (non-hydrogen) atoms. The maximum Gasteiger partial charge on any atom is 0.271 e. The Bertz CT molecular complexity index is 933. The normalized spacial score (nSPS) is 11.3. The molecule has 0 saturated heterocycles. The molecule has 3 aromatic rings. The lowest BCUT2D eigenvalue weighted by Gasteiger charge is -2.09. The van der Waals surface area contributed by atoms with Gasteiger partial charge in [-0.25, -0.2) is 13.1 Å². The summed E-state index contributed by atoms with van der Waals surface area (Å²) in [5.74, 6) is -0.225. The van der Waals surface area contributed by atoms with Gasteiger partial charge in [-0.2, -0.15) is 0 Å². The molecule has 0 aliphatic rings. The minimum absolute atomic E-state index is 0.0288. The Labute approximate surface area is 133 Å². The quantitative estimate of drug-likeness (QED) is 0.749. The lowest BCUT2D eigenvalue weighted by Crippen LogP contribution is -2.34. The monoisotopic (exact) mass is 330 g/mol. The molecule has 1 aromatic heterocycles. The van der Waals surface area contributed by atoms with Crippen molar-refractivity contribution in [3.05, 3.63) is 60.8 Å². The molecule has 7 heteroatoms. The second-order valence-electron chi connectivity index (χ2n) is 4.83. The summed E-state index contributed by atoms with van der Waals surface area (Å²) in [6.07, 6.45) is 1.76. The van der Waals surface area contributed by atoms with Gasteiger partial charge in [0.25, 0.3) is 15.9 Å². The number of aromatic amines is 1. The van der Waals surface area contributed by atoms with Crippen molar-refractivity contribution >= 4 is 26.8 Å². The molecule has 0 unspecified atom stereocenters. The molecule has 0 bridgehead atoms. The van der Waals surface area contributed by atoms with Crippen LogP contribution in [-0.2, 0) is 14.8 Å². The fourth-order valence-electron chi connectivity index (χ4n) is 2.16. The zero-order valence-corrected chi connectivity index (χ0v) is 12.8. The van der Waals surface area contributed by atoms with Crippen molar-refractivity contribution in [2.24, 2.45) is 0 Å². The van der Waals surface area contributed by atoms with Gasteiger partial charge in [-0.15, -0.1) is 0 Å². The van der Waals surface area contributed by atoms with Gasteiger partial charge in [-0.3, -0.25) is 4.79 Å². The Balaban J connectivity index is 1.67. The van der Waals surface area contributed by atoms with E-state index in [1.165, 1.54) is 12.1 Å². The average Bonchev–Trinajstić information content (AvgIpc) is 3.02. The van der Waals surface area contributed by atoms with E-state index >= 15 is 0 Å². The number of ether oxygens (including phenoxy) is 1. The van der Waals surface area contributed by atoms with Crippen LogP contribution in [0.3, 0.4) is 0 Å². The molecule has 0 saturated carbocycles. The summed E-state index contributed by atoms with van der Waals surface area (Å²) in [6.45, 7) is -0.393. The fraction of sp³-hybridized carbons (Fsp3) is 0.0625. The number of nitrogens with one attached hydrogen (secondary N) is 2. The fourth-order valence-corrected chi connectivity index (χ4v) is 3.16. The van der Waals surface area contributed by atoms with E-state index in [-0.39, 0.29) is 4.90 Å². The number of H-pyrrole nitrogens is 1. The van der Waals surface area contributed by atoms with Gasteiger partial charge in [-0.05, 0) is 30.3 Å². The van der Waals surface area contributed by atoms with Crippen molar-refractivity contribution in [2.45, 2.75) is 4.90 Å². The standard InChI is InChI=1S/C16H14N2O4S/c19-16(18-23(20,21)12-5-2-1-3-6-12)11-22-15-8-4-7-14-13(15)9-10-17-14/h1-10,17H,11H2,(H,18,19). The van der Waals surface area contributed by atoms with Crippen molar-refractivity contribution in [1.29, 1.82) is 0 Å². The molecule has 6 nitrogen and oxygen atoms in total. The van der Waals surface area contributed by atoms with Gasteiger partial charge in [0.15, 0.2) is 6.61 Å². The molecule has 2 N–H and O–H groups in total. The number of carbonyl (C=O) groups excluding carboxylic acids is 1. The molecule has 0 radical (unpaired) electrons. The highest BCUT2D eigenvalue weighted by atomic mass is 32.2. The predicted molar refractivity (Wildman–Crippen MR) is 85.6 cm³/mol. The molecule has 2 aromatic carbocycles. The van der Waals surface area contributed by atoms with Crippen LogP contribution >= 0.6 is 0 Å². The van der Waals surface area contributed by atoms with E-state index < -0.39 is 22.5 Å². The summed E-state index contributed by atoms with van der Waals surface area (Å²) in [6, 6.07) is 14.9. The summed E-state index contributed by atoms with van der Waals surface area (Å²) in [5.41, 5.74) is 0.875. The van der Waals surface area contributed by atoms with Gasteiger partial charge in [0, 0.05) is 17.1 Å². The number of carbonyl (C=O) groups is 1. The summed E-state index contributed by atoms with van der Waals surface area (Å²) >= 11 is 0. The number of amides is 1. The van der Waals surface area contributed by atoms with Crippen LogP contribution in [0.15, 0.2) is 65.7 Å². The van der Waals surface area contributed by atoms with Crippen LogP contribution in [-0.4, -0.2) is 25.9 Å². The van der Waals surface area contributed by atoms with Crippen LogP contribution in [0.1, 0.15) is 0 Å². The first-order chi connectivity index (χ1) is 11.1. The van der Waals surface area contributed by atoms with Gasteiger partial charge in [-0.1, -0.05) is 24.3 Å². The lowest BCUT2D eigenvalue weighted by molar-refractivity contribution is -0.121. The summed E-state index contributed by atoms with van der Waals surface area (Å²) in [7, 11) is -3.88. The van der Waals surface area contributed by atoms with Crippen molar-refractivity contribution in [2.75, 3.05) is 6.61 Å². The largest absolute Gasteiger partial charge is 0.483 e. The Kier molecular flexibility index (Phi) is 4.03. The zero-order chi connectivity index (χ0) is 16.3. The maximum atomic E-state index is 12.0. The average molecular weight is 330 g/mol. The summed E-state index contributed by atoms with van der Waals surface area (Å²) in [4.78, 5) is 14.9. The van der Waals surface area contributed by atoms with Crippen molar-refractivity contribution in [3.63, 3.8) is 0 Å². The summed E-state index contributed by atoms with van der Waals surface area (Å²) in [5, 5.41) is 0.825. The second kappa shape index (κ2) is 6.13. The van der Waals surface area contributed by atoms with Gasteiger partial charge in [0.2, 0.25) is 0 Å². The molecule has 0 aliphatic heterocycles. The molecule has 0 atom stereocenters. The first-order valence-corrected chi connectivity index (χ1v) is 8.34. The van der Waals surface area contributed by atoms with Crippen LogP contribution in [0.2, 0.25) is 0 Å². The molecule has 1 heterocycles. The number of fused-ring (bicyclic) bond motifs is 1. The van der Waals surface area contributed by atoms with E-state index in [4.69, 9.17) is 4.74 Å². The number of hydrogen-bond acceptors (Lipinski definition) is 4. The summed E-state index contributed by atoms with van der Waals surface area (Å²) < 4.78 is 31.5. The second-order valence-corrected chi connectivity index (χ2v) is 6.51. The molecule has 0 aliphatic carbocycles. The van der Waals surface area contributed by atoms with Crippen molar-refractivity contribution < 1.29 is 17.9 Å². The van der Waals surface area contributed by atoms with Crippen molar-refractivity contribution in [3.8, 4) is 5.75 Å². The Hall–Kier alpha value is -2.80. The van der Waals surface area contributed by atoms with Crippen molar-refractivity contribution in [1.82, 2.24) is 9.71 Å². The van der Waals surface area contributed by atoms with E-state index in [1.54, 1.807) is 36.5 Å². The minimum atomic E-state index is -3.88. The Morgan fingerprint density at radius 3 is 2.61 bits per heavy atom. The molecular weight excluding hydrogens is 316 g/mol. The highest BCUT2D eigenvalue weighted by molar-refractivity contribution is 7.90. The maximum absolute atomic E-state index is 12.0. The third-order valence-corrected chi connectivity index (χ3v) is 4.60. The van der Waals surface area contributed by atoms with Crippen LogP contribution in [0.4, 0.5) is 0 Å². The third kappa shape index (κ3) is 3.35. The first-order valence-electron chi connectivity index (χ1n) is 6.86. The molecule has 0 spiro atoms. The van der Waals surface area contributed by atoms with Gasteiger partial charge in [0.1, 0.15) is 5.75 Å². The topological polar surface area (TPSA) is 88.3 Å². The van der Waals surface area contributed by atoms with Gasteiger partial charge >= 0.3 is 0 Å². The molecule has 3 rings (SSSR count). The zero-order valence-electron chi connectivity index (χ0n) is 12.0. The van der Waals surface area contributed by atoms with E-state index in [9.17, 15) is 13.2 Å².